The summed E-state index contributed by atoms with van der Waals surface area (Å²) in [6, 6.07) is 2.39. The number of carbonyl (C=O) groups is 3. The highest BCUT2D eigenvalue weighted by molar-refractivity contribution is 5.97. The van der Waals surface area contributed by atoms with E-state index in [4.69, 9.17) is 9.47 Å². The van der Waals surface area contributed by atoms with Crippen LogP contribution in [-0.2, 0) is 9.59 Å². The van der Waals surface area contributed by atoms with E-state index in [0.717, 1.165) is 31.3 Å². The number of aldehydes is 1. The van der Waals surface area contributed by atoms with Crippen molar-refractivity contribution in [2.45, 2.75) is 70.1 Å². The molecule has 0 spiro atoms. The van der Waals surface area contributed by atoms with E-state index in [1.165, 1.54) is 13.5 Å². The molecule has 3 aliphatic rings. The highest BCUT2D eigenvalue weighted by Crippen LogP contribution is 2.51. The van der Waals surface area contributed by atoms with E-state index >= 15 is 0 Å². The Morgan fingerprint density at radius 2 is 1.95 bits per heavy atom. The van der Waals surface area contributed by atoms with Crippen molar-refractivity contribution >= 4 is 18.1 Å². The first-order valence-electron chi connectivity index (χ1n) is 13.4. The molecule has 38 heavy (non-hydrogen) atoms. The number of benzene rings is 1. The van der Waals surface area contributed by atoms with Crippen molar-refractivity contribution in [3.8, 4) is 11.5 Å². The molecule has 3 N–H and O–H groups in total. The molecule has 1 fully saturated rings. The van der Waals surface area contributed by atoms with Gasteiger partial charge in [0.15, 0.2) is 11.5 Å². The number of allylic oxidation sites excluding steroid dienone is 1. The lowest BCUT2D eigenvalue weighted by Gasteiger charge is -2.42. The number of aliphatic hydroxyl groups excluding tert-OH is 2. The average Bonchev–Trinajstić information content (AvgIpc) is 3.30. The highest BCUT2D eigenvalue weighted by Gasteiger charge is 2.51. The van der Waals surface area contributed by atoms with Gasteiger partial charge in [-0.2, -0.15) is 0 Å². The van der Waals surface area contributed by atoms with Crippen LogP contribution < -0.4 is 14.8 Å². The molecule has 4 unspecified atom stereocenters. The molecular weight excluding hydrogens is 488 g/mol. The lowest BCUT2D eigenvalue weighted by Crippen LogP contribution is -2.56. The quantitative estimate of drug-likeness (QED) is 0.334. The fraction of sp³-hybridized carbons (Fsp3) is 0.552. The Bertz CT molecular complexity index is 1120. The first-order valence-corrected chi connectivity index (χ1v) is 13.4. The van der Waals surface area contributed by atoms with Crippen molar-refractivity contribution < 1.29 is 34.1 Å². The maximum atomic E-state index is 13.5. The second-order valence-electron chi connectivity index (χ2n) is 10.6. The number of amides is 2. The Hall–Kier alpha value is -3.17. The van der Waals surface area contributed by atoms with Crippen LogP contribution in [0.15, 0.2) is 35.4 Å². The summed E-state index contributed by atoms with van der Waals surface area (Å²) in [5, 5.41) is 23.7. The summed E-state index contributed by atoms with van der Waals surface area (Å²) in [5.74, 6) is -0.328. The van der Waals surface area contributed by atoms with Gasteiger partial charge >= 0.3 is 0 Å². The summed E-state index contributed by atoms with van der Waals surface area (Å²) in [7, 11) is 1.46. The molecule has 9 heteroatoms. The van der Waals surface area contributed by atoms with Crippen molar-refractivity contribution in [2.24, 2.45) is 5.92 Å². The van der Waals surface area contributed by atoms with Crippen LogP contribution in [0.25, 0.3) is 0 Å². The van der Waals surface area contributed by atoms with Gasteiger partial charge in [-0.15, -0.1) is 0 Å². The van der Waals surface area contributed by atoms with E-state index in [1.54, 1.807) is 29.2 Å². The Labute approximate surface area is 223 Å². The lowest BCUT2D eigenvalue weighted by molar-refractivity contribution is -0.133. The molecular formula is C29H38N2O7. The number of nitrogens with one attached hydrogen (secondary N) is 1. The molecule has 0 bridgehead atoms. The normalized spacial score (nSPS) is 24.3. The number of ether oxygens (including phenoxy) is 2. The number of aliphatic hydroxyl groups is 2. The molecule has 0 radical (unpaired) electrons. The topological polar surface area (TPSA) is 125 Å². The first-order chi connectivity index (χ1) is 18.3. The van der Waals surface area contributed by atoms with Crippen LogP contribution in [0.5, 0.6) is 11.5 Å². The van der Waals surface area contributed by atoms with E-state index in [9.17, 15) is 24.6 Å². The van der Waals surface area contributed by atoms with Gasteiger partial charge in [-0.25, -0.2) is 0 Å². The van der Waals surface area contributed by atoms with Gasteiger partial charge in [-0.05, 0) is 50.8 Å². The zero-order chi connectivity index (χ0) is 27.4. The van der Waals surface area contributed by atoms with Gasteiger partial charge in [0.1, 0.15) is 18.5 Å². The molecule has 4 atom stereocenters. The maximum Gasteiger partial charge on any atom is 0.247 e. The van der Waals surface area contributed by atoms with Crippen LogP contribution in [0.1, 0.15) is 67.8 Å². The molecule has 0 saturated heterocycles. The third-order valence-electron chi connectivity index (χ3n) is 7.65. The summed E-state index contributed by atoms with van der Waals surface area (Å²) < 4.78 is 11.7. The molecule has 2 amide bonds. The summed E-state index contributed by atoms with van der Waals surface area (Å²) in [4.78, 5) is 40.2. The Morgan fingerprint density at radius 3 is 2.58 bits per heavy atom. The summed E-state index contributed by atoms with van der Waals surface area (Å²) in [5.41, 5.74) is 2.08. The number of hydrogen-bond acceptors (Lipinski definition) is 7. The minimum atomic E-state index is -1.13. The highest BCUT2D eigenvalue weighted by atomic mass is 16.5. The van der Waals surface area contributed by atoms with Crippen molar-refractivity contribution in [3.05, 3.63) is 46.6 Å². The predicted octanol–water partition coefficient (Wildman–Crippen LogP) is 2.51. The zero-order valence-corrected chi connectivity index (χ0v) is 22.3. The van der Waals surface area contributed by atoms with Crippen LogP contribution in [0.4, 0.5) is 0 Å². The van der Waals surface area contributed by atoms with Crippen LogP contribution in [0.2, 0.25) is 0 Å². The summed E-state index contributed by atoms with van der Waals surface area (Å²) in [6.07, 6.45) is 7.31. The average molecular weight is 527 g/mol. The Kier molecular flexibility index (Phi) is 8.89. The Morgan fingerprint density at radius 1 is 1.21 bits per heavy atom. The van der Waals surface area contributed by atoms with Gasteiger partial charge < -0.3 is 29.9 Å². The van der Waals surface area contributed by atoms with E-state index in [1.807, 2.05) is 13.8 Å². The van der Waals surface area contributed by atoms with Gasteiger partial charge in [0.25, 0.3) is 0 Å². The fourth-order valence-corrected chi connectivity index (χ4v) is 5.89. The molecule has 9 nitrogen and oxygen atoms in total. The largest absolute Gasteiger partial charge is 0.493 e. The van der Waals surface area contributed by atoms with Crippen molar-refractivity contribution in [3.63, 3.8) is 0 Å². The van der Waals surface area contributed by atoms with Gasteiger partial charge in [0.05, 0.1) is 25.7 Å². The van der Waals surface area contributed by atoms with E-state index < -0.39 is 30.1 Å². The molecule has 1 aromatic rings. The molecule has 4 rings (SSSR count). The fourth-order valence-electron chi connectivity index (χ4n) is 5.89. The molecule has 0 aromatic heterocycles. The second-order valence-corrected chi connectivity index (χ2v) is 10.6. The molecule has 1 heterocycles. The van der Waals surface area contributed by atoms with Gasteiger partial charge in [0, 0.05) is 35.9 Å². The first kappa shape index (κ1) is 27.9. The van der Waals surface area contributed by atoms with Crippen molar-refractivity contribution in [2.75, 3.05) is 26.8 Å². The SMILES string of the molecule is COc1cc(C=O)cc2c1OC1C2C(C(=O)NCCO)=CC(N(CC2CCCCC2)C(=O)C=C(C)C)C1O. The summed E-state index contributed by atoms with van der Waals surface area (Å²) >= 11 is 0. The molecule has 1 saturated carbocycles. The molecule has 206 valence electrons. The van der Waals surface area contributed by atoms with Crippen LogP contribution in [0.3, 0.4) is 0 Å². The van der Waals surface area contributed by atoms with Gasteiger partial charge in [0.2, 0.25) is 11.8 Å². The minimum Gasteiger partial charge on any atom is -0.493 e. The van der Waals surface area contributed by atoms with E-state index in [0.29, 0.717) is 46.9 Å². The minimum absolute atomic E-state index is 0.0503. The number of rotatable bonds is 9. The van der Waals surface area contributed by atoms with E-state index in [-0.39, 0.29) is 19.1 Å². The molecule has 2 aliphatic carbocycles. The Balaban J connectivity index is 1.80. The van der Waals surface area contributed by atoms with Crippen molar-refractivity contribution in [1.29, 1.82) is 0 Å². The third-order valence-corrected chi connectivity index (χ3v) is 7.65. The smallest absolute Gasteiger partial charge is 0.247 e. The monoisotopic (exact) mass is 526 g/mol. The van der Waals surface area contributed by atoms with E-state index in [2.05, 4.69) is 5.32 Å². The lowest BCUT2D eigenvalue weighted by atomic mass is 9.77. The van der Waals surface area contributed by atoms with Crippen LogP contribution >= 0.6 is 0 Å². The maximum absolute atomic E-state index is 13.5. The number of fused-ring (bicyclic) bond motifs is 3. The number of hydrogen-bond donors (Lipinski definition) is 3. The van der Waals surface area contributed by atoms with Gasteiger partial charge in [-0.3, -0.25) is 14.4 Å². The number of methoxy groups -OCH3 is 1. The third kappa shape index (κ3) is 5.63. The zero-order valence-electron chi connectivity index (χ0n) is 22.3. The molecule has 1 aliphatic heterocycles. The predicted molar refractivity (Wildman–Crippen MR) is 141 cm³/mol. The summed E-state index contributed by atoms with van der Waals surface area (Å²) in [6.45, 7) is 3.98. The number of nitrogens with zero attached hydrogens (tertiary/aromatic N) is 1. The van der Waals surface area contributed by atoms with Gasteiger partial charge in [-0.1, -0.05) is 24.8 Å². The standard InChI is InChI=1S/C29H38N2O7/c1-17(2)11-24(34)31(15-18-7-5-4-6-8-18)22-14-21(29(36)30-9-10-32)25-20-12-19(16-33)13-23(37-3)27(20)38-28(25)26(22)35/h11-14,16,18,22,25-26,28,32,35H,4-10,15H2,1-3H3,(H,30,36). The van der Waals surface area contributed by atoms with Crippen molar-refractivity contribution in [1.82, 2.24) is 10.2 Å². The second kappa shape index (κ2) is 12.1. The number of carbonyl (C=O) groups excluding carboxylic acids is 3. The molecule has 1 aromatic carbocycles. The van der Waals surface area contributed by atoms with Crippen LogP contribution in [-0.4, -0.2) is 78.3 Å². The van der Waals surface area contributed by atoms with Crippen LogP contribution in [0, 0.1) is 5.92 Å².